The summed E-state index contributed by atoms with van der Waals surface area (Å²) in [7, 11) is 0. The zero-order chi connectivity index (χ0) is 12.6. The van der Waals surface area contributed by atoms with Gasteiger partial charge in [0.25, 0.3) is 0 Å². The Morgan fingerprint density at radius 3 is 1.69 bits per heavy atom. The molecule has 0 radical (unpaired) electrons. The summed E-state index contributed by atoms with van der Waals surface area (Å²) in [4.78, 5) is 0. The number of ether oxygens (including phenoxy) is 2. The van der Waals surface area contributed by atoms with Crippen molar-refractivity contribution < 1.29 is 9.47 Å². The van der Waals surface area contributed by atoms with Crippen molar-refractivity contribution >= 4 is 0 Å². The molecule has 2 heteroatoms. The molecule has 0 N–H and O–H groups in total. The molecule has 0 aliphatic rings. The van der Waals surface area contributed by atoms with E-state index in [0.717, 1.165) is 6.42 Å². The van der Waals surface area contributed by atoms with E-state index in [1.165, 1.54) is 19.3 Å². The number of hydrogen-bond acceptors (Lipinski definition) is 2. The lowest BCUT2D eigenvalue weighted by molar-refractivity contribution is -0.209. The fourth-order valence-electron chi connectivity index (χ4n) is 1.79. The molecule has 0 aromatic heterocycles. The molecule has 1 atom stereocenters. The van der Waals surface area contributed by atoms with Crippen LogP contribution in [0.25, 0.3) is 0 Å². The van der Waals surface area contributed by atoms with E-state index in [0.29, 0.717) is 5.92 Å². The van der Waals surface area contributed by atoms with E-state index >= 15 is 0 Å². The minimum atomic E-state index is -0.0310. The highest BCUT2D eigenvalue weighted by molar-refractivity contribution is 4.64. The predicted molar refractivity (Wildman–Crippen MR) is 69.5 cm³/mol. The van der Waals surface area contributed by atoms with Crippen molar-refractivity contribution in [2.45, 2.75) is 85.7 Å². The Kier molecular flexibility index (Phi) is 8.96. The quantitative estimate of drug-likeness (QED) is 0.547. The second-order valence-electron chi connectivity index (χ2n) is 5.05. The van der Waals surface area contributed by atoms with Gasteiger partial charge in [-0.3, -0.25) is 0 Å². The second kappa shape index (κ2) is 9.00. The first-order valence-corrected chi connectivity index (χ1v) is 6.82. The van der Waals surface area contributed by atoms with Crippen LogP contribution in [0, 0.1) is 5.92 Å². The lowest BCUT2D eigenvalue weighted by Gasteiger charge is -2.29. The van der Waals surface area contributed by atoms with Gasteiger partial charge >= 0.3 is 0 Å². The van der Waals surface area contributed by atoms with Gasteiger partial charge in [-0.15, -0.1) is 0 Å². The van der Waals surface area contributed by atoms with Crippen LogP contribution in [0.2, 0.25) is 0 Å². The molecule has 16 heavy (non-hydrogen) atoms. The molecule has 0 bridgehead atoms. The van der Waals surface area contributed by atoms with Gasteiger partial charge in [0.2, 0.25) is 0 Å². The molecule has 0 spiro atoms. The van der Waals surface area contributed by atoms with E-state index in [-0.39, 0.29) is 18.5 Å². The zero-order valence-corrected chi connectivity index (χ0v) is 12.0. The van der Waals surface area contributed by atoms with Gasteiger partial charge in [0.05, 0.1) is 12.2 Å². The van der Waals surface area contributed by atoms with Gasteiger partial charge < -0.3 is 9.47 Å². The Bertz CT molecular complexity index is 145. The van der Waals surface area contributed by atoms with Crippen LogP contribution in [-0.4, -0.2) is 18.5 Å². The maximum absolute atomic E-state index is 5.89. The fourth-order valence-corrected chi connectivity index (χ4v) is 1.79. The molecule has 0 fully saturated rings. The lowest BCUT2D eigenvalue weighted by atomic mass is 9.98. The number of hydrogen-bond donors (Lipinski definition) is 0. The Hall–Kier alpha value is -0.0800. The molecule has 1 unspecified atom stereocenters. The highest BCUT2D eigenvalue weighted by Crippen LogP contribution is 2.22. The molecular formula is C14H30O2. The van der Waals surface area contributed by atoms with E-state index in [1.54, 1.807) is 0 Å². The van der Waals surface area contributed by atoms with E-state index in [4.69, 9.17) is 9.47 Å². The van der Waals surface area contributed by atoms with Crippen molar-refractivity contribution in [1.82, 2.24) is 0 Å². The summed E-state index contributed by atoms with van der Waals surface area (Å²) in [6.45, 7) is 12.7. The van der Waals surface area contributed by atoms with Crippen molar-refractivity contribution in [2.24, 2.45) is 5.92 Å². The first kappa shape index (κ1) is 15.9. The molecule has 0 aromatic rings. The van der Waals surface area contributed by atoms with E-state index in [2.05, 4.69) is 41.5 Å². The summed E-state index contributed by atoms with van der Waals surface area (Å²) in [5.41, 5.74) is 0. The van der Waals surface area contributed by atoms with Crippen LogP contribution in [0.1, 0.15) is 67.2 Å². The number of rotatable bonds is 9. The third kappa shape index (κ3) is 7.24. The van der Waals surface area contributed by atoms with Gasteiger partial charge in [-0.1, -0.05) is 26.7 Å². The molecule has 0 rings (SSSR count). The summed E-state index contributed by atoms with van der Waals surface area (Å²) in [6.07, 6.45) is 5.28. The van der Waals surface area contributed by atoms with Crippen LogP contribution in [0.4, 0.5) is 0 Å². The van der Waals surface area contributed by atoms with Crippen molar-refractivity contribution in [3.8, 4) is 0 Å². The lowest BCUT2D eigenvalue weighted by Crippen LogP contribution is -2.32. The van der Waals surface area contributed by atoms with Gasteiger partial charge in [-0.25, -0.2) is 0 Å². The highest BCUT2D eigenvalue weighted by Gasteiger charge is 2.23. The molecule has 0 aliphatic carbocycles. The Labute approximate surface area is 102 Å². The van der Waals surface area contributed by atoms with Crippen molar-refractivity contribution in [1.29, 1.82) is 0 Å². The van der Waals surface area contributed by atoms with Gasteiger partial charge in [0.1, 0.15) is 0 Å². The monoisotopic (exact) mass is 230 g/mol. The minimum Gasteiger partial charge on any atom is -0.350 e. The van der Waals surface area contributed by atoms with Gasteiger partial charge in [-0.2, -0.15) is 0 Å². The van der Waals surface area contributed by atoms with Crippen LogP contribution >= 0.6 is 0 Å². The summed E-state index contributed by atoms with van der Waals surface area (Å²) >= 11 is 0. The van der Waals surface area contributed by atoms with Crippen LogP contribution in [0.3, 0.4) is 0 Å². The Balaban J connectivity index is 4.29. The standard InChI is InChI=1S/C14H30O2/c1-7-9-10-13(8-2)14(15-11(3)4)16-12(5)6/h11-14H,7-10H2,1-6H3. The molecule has 0 saturated heterocycles. The van der Waals surface area contributed by atoms with Crippen LogP contribution in [0.15, 0.2) is 0 Å². The predicted octanol–water partition coefficient (Wildman–Crippen LogP) is 4.38. The van der Waals surface area contributed by atoms with Crippen LogP contribution in [-0.2, 0) is 9.47 Å². The molecular weight excluding hydrogens is 200 g/mol. The molecule has 0 saturated carbocycles. The molecule has 2 nitrogen and oxygen atoms in total. The van der Waals surface area contributed by atoms with E-state index < -0.39 is 0 Å². The third-order valence-corrected chi connectivity index (χ3v) is 2.65. The van der Waals surface area contributed by atoms with Gasteiger partial charge in [0.15, 0.2) is 6.29 Å². The maximum Gasteiger partial charge on any atom is 0.161 e. The maximum atomic E-state index is 5.89. The fraction of sp³-hybridized carbons (Fsp3) is 1.00. The van der Waals surface area contributed by atoms with Crippen LogP contribution < -0.4 is 0 Å². The van der Waals surface area contributed by atoms with Gasteiger partial charge in [0, 0.05) is 5.92 Å². The summed E-state index contributed by atoms with van der Waals surface area (Å²) in [5, 5.41) is 0. The molecule has 0 aliphatic heterocycles. The first-order chi connectivity index (χ1) is 7.51. The van der Waals surface area contributed by atoms with Gasteiger partial charge in [-0.05, 0) is 40.5 Å². The molecule has 0 amide bonds. The summed E-state index contributed by atoms with van der Waals surface area (Å²) in [5.74, 6) is 0.532. The number of unbranched alkanes of at least 4 members (excludes halogenated alkanes) is 1. The first-order valence-electron chi connectivity index (χ1n) is 6.82. The van der Waals surface area contributed by atoms with Crippen molar-refractivity contribution in [3.05, 3.63) is 0 Å². The van der Waals surface area contributed by atoms with E-state index in [1.807, 2.05) is 0 Å². The normalized spacial score (nSPS) is 14.1. The Morgan fingerprint density at radius 1 is 0.875 bits per heavy atom. The highest BCUT2D eigenvalue weighted by atomic mass is 16.7. The molecule has 0 aromatic carbocycles. The summed E-state index contributed by atoms with van der Waals surface area (Å²) in [6, 6.07) is 0. The zero-order valence-electron chi connectivity index (χ0n) is 12.0. The average molecular weight is 230 g/mol. The third-order valence-electron chi connectivity index (χ3n) is 2.65. The topological polar surface area (TPSA) is 18.5 Å². The SMILES string of the molecule is CCCCC(CC)C(OC(C)C)OC(C)C. The summed E-state index contributed by atoms with van der Waals surface area (Å²) < 4.78 is 11.8. The van der Waals surface area contributed by atoms with Crippen molar-refractivity contribution in [3.63, 3.8) is 0 Å². The molecule has 0 heterocycles. The largest absolute Gasteiger partial charge is 0.350 e. The van der Waals surface area contributed by atoms with Crippen LogP contribution in [0.5, 0.6) is 0 Å². The second-order valence-corrected chi connectivity index (χ2v) is 5.05. The van der Waals surface area contributed by atoms with E-state index in [9.17, 15) is 0 Å². The minimum absolute atomic E-state index is 0.0310. The smallest absolute Gasteiger partial charge is 0.161 e. The average Bonchev–Trinajstić information content (AvgIpc) is 2.16. The Morgan fingerprint density at radius 2 is 1.38 bits per heavy atom. The molecule has 98 valence electrons. The van der Waals surface area contributed by atoms with Crippen molar-refractivity contribution in [2.75, 3.05) is 0 Å².